The number of hydrogen-bond donors (Lipinski definition) is 1. The van der Waals surface area contributed by atoms with Crippen molar-refractivity contribution in [3.63, 3.8) is 0 Å². The van der Waals surface area contributed by atoms with E-state index in [0.717, 1.165) is 19.3 Å². The molecule has 2 heterocycles. The van der Waals surface area contributed by atoms with Gasteiger partial charge in [0.15, 0.2) is 15.6 Å². The molecular formula is C16H22N2O4S. The van der Waals surface area contributed by atoms with Crippen LogP contribution in [0.15, 0.2) is 24.5 Å². The second kappa shape index (κ2) is 8.19. The minimum atomic E-state index is -2.82. The van der Waals surface area contributed by atoms with Crippen molar-refractivity contribution >= 4 is 21.5 Å². The molecule has 6 nitrogen and oxygen atoms in total. The molecule has 1 atom stereocenters. The standard InChI is InChI=1S/C16H22N2O4S/c19-15(14-4-2-8-17-11-14)5-6-16(20)18-9-1-3-13-7-10-23(21,22)12-13/h2,4,8,11,13H,1,3,5-7,9-10,12H2,(H,18,20). The molecule has 0 aliphatic carbocycles. The summed E-state index contributed by atoms with van der Waals surface area (Å²) in [6, 6.07) is 3.37. The van der Waals surface area contributed by atoms with Gasteiger partial charge in [0.05, 0.1) is 11.5 Å². The van der Waals surface area contributed by atoms with Gasteiger partial charge in [-0.15, -0.1) is 0 Å². The van der Waals surface area contributed by atoms with Crippen LogP contribution < -0.4 is 5.32 Å². The fraction of sp³-hybridized carbons (Fsp3) is 0.562. The number of hydrogen-bond acceptors (Lipinski definition) is 5. The highest BCUT2D eigenvalue weighted by molar-refractivity contribution is 7.91. The molecule has 1 amide bonds. The summed E-state index contributed by atoms with van der Waals surface area (Å²) in [5.41, 5.74) is 0.516. The Morgan fingerprint density at radius 1 is 1.30 bits per heavy atom. The Hall–Kier alpha value is -1.76. The maximum atomic E-state index is 11.8. The molecule has 1 aromatic heterocycles. The summed E-state index contributed by atoms with van der Waals surface area (Å²) >= 11 is 0. The van der Waals surface area contributed by atoms with Gasteiger partial charge in [-0.2, -0.15) is 0 Å². The van der Waals surface area contributed by atoms with E-state index in [0.29, 0.717) is 17.9 Å². The zero-order valence-electron chi connectivity index (χ0n) is 13.0. The van der Waals surface area contributed by atoms with Crippen molar-refractivity contribution in [2.24, 2.45) is 5.92 Å². The molecule has 1 unspecified atom stereocenters. The zero-order valence-corrected chi connectivity index (χ0v) is 13.8. The van der Waals surface area contributed by atoms with E-state index in [1.54, 1.807) is 18.3 Å². The van der Waals surface area contributed by atoms with Gasteiger partial charge < -0.3 is 5.32 Å². The lowest BCUT2D eigenvalue weighted by atomic mass is 10.0. The highest BCUT2D eigenvalue weighted by Gasteiger charge is 2.27. The molecule has 1 aromatic rings. The number of Topliss-reactive ketones (excluding diaryl/α,β-unsaturated/α-hetero) is 1. The third kappa shape index (κ3) is 6.09. The van der Waals surface area contributed by atoms with Crippen LogP contribution >= 0.6 is 0 Å². The SMILES string of the molecule is O=C(CCC(=O)c1cccnc1)NCCCC1CCS(=O)(=O)C1. The summed E-state index contributed by atoms with van der Waals surface area (Å²) in [7, 11) is -2.82. The summed E-state index contributed by atoms with van der Waals surface area (Å²) in [6.07, 6.45) is 5.73. The minimum Gasteiger partial charge on any atom is -0.356 e. The van der Waals surface area contributed by atoms with Crippen LogP contribution in [-0.2, 0) is 14.6 Å². The van der Waals surface area contributed by atoms with Crippen LogP contribution in [0.4, 0.5) is 0 Å². The molecule has 0 bridgehead atoms. The minimum absolute atomic E-state index is 0.0931. The Morgan fingerprint density at radius 2 is 2.13 bits per heavy atom. The fourth-order valence-corrected chi connectivity index (χ4v) is 4.62. The summed E-state index contributed by atoms with van der Waals surface area (Å²) in [4.78, 5) is 27.4. The first-order valence-corrected chi connectivity index (χ1v) is 9.69. The number of nitrogens with one attached hydrogen (secondary N) is 1. The molecule has 0 spiro atoms. The maximum absolute atomic E-state index is 11.8. The number of aromatic nitrogens is 1. The van der Waals surface area contributed by atoms with Gasteiger partial charge in [0.1, 0.15) is 0 Å². The van der Waals surface area contributed by atoms with Crippen LogP contribution in [0.5, 0.6) is 0 Å². The molecule has 126 valence electrons. The van der Waals surface area contributed by atoms with Crippen LogP contribution in [0, 0.1) is 5.92 Å². The molecule has 2 rings (SSSR count). The number of carbonyl (C=O) groups is 2. The third-order valence-corrected chi connectivity index (χ3v) is 5.84. The Morgan fingerprint density at radius 3 is 2.78 bits per heavy atom. The molecular weight excluding hydrogens is 316 g/mol. The molecule has 1 fully saturated rings. The van der Waals surface area contributed by atoms with E-state index in [4.69, 9.17) is 0 Å². The van der Waals surface area contributed by atoms with Gasteiger partial charge >= 0.3 is 0 Å². The summed E-state index contributed by atoms with van der Waals surface area (Å²) in [5.74, 6) is 0.552. The number of nitrogens with zero attached hydrogens (tertiary/aromatic N) is 1. The van der Waals surface area contributed by atoms with E-state index in [2.05, 4.69) is 10.3 Å². The topological polar surface area (TPSA) is 93.2 Å². The van der Waals surface area contributed by atoms with Crippen LogP contribution in [0.1, 0.15) is 42.5 Å². The van der Waals surface area contributed by atoms with Crippen LogP contribution in [0.2, 0.25) is 0 Å². The molecule has 1 N–H and O–H groups in total. The molecule has 1 saturated heterocycles. The molecule has 7 heteroatoms. The van der Waals surface area contributed by atoms with E-state index in [1.807, 2.05) is 0 Å². The van der Waals surface area contributed by atoms with Crippen molar-refractivity contribution in [3.8, 4) is 0 Å². The molecule has 1 aliphatic rings. The average molecular weight is 338 g/mol. The predicted molar refractivity (Wildman–Crippen MR) is 86.8 cm³/mol. The molecule has 23 heavy (non-hydrogen) atoms. The van der Waals surface area contributed by atoms with E-state index in [1.165, 1.54) is 6.20 Å². The number of pyridine rings is 1. The first-order chi connectivity index (χ1) is 11.0. The number of ketones is 1. The fourth-order valence-electron chi connectivity index (χ4n) is 2.71. The quantitative estimate of drug-likeness (QED) is 0.571. The van der Waals surface area contributed by atoms with Crippen LogP contribution in [0.3, 0.4) is 0 Å². The van der Waals surface area contributed by atoms with Gasteiger partial charge in [0.2, 0.25) is 5.91 Å². The van der Waals surface area contributed by atoms with Gasteiger partial charge in [-0.25, -0.2) is 8.42 Å². The monoisotopic (exact) mass is 338 g/mol. The number of amides is 1. The van der Waals surface area contributed by atoms with Crippen LogP contribution in [0.25, 0.3) is 0 Å². The Balaban J connectivity index is 1.58. The molecule has 0 saturated carbocycles. The maximum Gasteiger partial charge on any atom is 0.220 e. The Bertz CT molecular complexity index is 643. The third-order valence-electron chi connectivity index (χ3n) is 4.00. The van der Waals surface area contributed by atoms with Gasteiger partial charge in [0.25, 0.3) is 0 Å². The lowest BCUT2D eigenvalue weighted by Crippen LogP contribution is -2.25. The number of sulfone groups is 1. The van der Waals surface area contributed by atoms with Crippen molar-refractivity contribution in [3.05, 3.63) is 30.1 Å². The van der Waals surface area contributed by atoms with E-state index < -0.39 is 9.84 Å². The Kier molecular flexibility index (Phi) is 6.27. The van der Waals surface area contributed by atoms with Crippen molar-refractivity contribution in [1.29, 1.82) is 0 Å². The predicted octanol–water partition coefficient (Wildman–Crippen LogP) is 1.38. The van der Waals surface area contributed by atoms with Crippen molar-refractivity contribution in [1.82, 2.24) is 10.3 Å². The first kappa shape index (κ1) is 17.6. The van der Waals surface area contributed by atoms with Crippen molar-refractivity contribution < 1.29 is 18.0 Å². The van der Waals surface area contributed by atoms with Gasteiger partial charge in [0, 0.05) is 37.3 Å². The summed E-state index contributed by atoms with van der Waals surface area (Å²) < 4.78 is 22.7. The van der Waals surface area contributed by atoms with E-state index in [-0.39, 0.29) is 36.2 Å². The lowest BCUT2D eigenvalue weighted by Gasteiger charge is -2.08. The summed E-state index contributed by atoms with van der Waals surface area (Å²) in [6.45, 7) is 0.524. The van der Waals surface area contributed by atoms with Gasteiger partial charge in [-0.05, 0) is 37.3 Å². The van der Waals surface area contributed by atoms with Gasteiger partial charge in [-0.3, -0.25) is 14.6 Å². The molecule has 1 aliphatic heterocycles. The van der Waals surface area contributed by atoms with Crippen LogP contribution in [-0.4, -0.2) is 43.1 Å². The lowest BCUT2D eigenvalue weighted by molar-refractivity contribution is -0.121. The zero-order chi connectivity index (χ0) is 16.7. The largest absolute Gasteiger partial charge is 0.356 e. The number of rotatable bonds is 8. The van der Waals surface area contributed by atoms with Crippen molar-refractivity contribution in [2.75, 3.05) is 18.1 Å². The van der Waals surface area contributed by atoms with E-state index >= 15 is 0 Å². The van der Waals surface area contributed by atoms with E-state index in [9.17, 15) is 18.0 Å². The second-order valence-corrected chi connectivity index (χ2v) is 8.15. The molecule has 0 radical (unpaired) electrons. The summed E-state index contributed by atoms with van der Waals surface area (Å²) in [5, 5.41) is 2.78. The Labute approximate surface area is 136 Å². The normalized spacial score (nSPS) is 19.4. The van der Waals surface area contributed by atoms with Crippen molar-refractivity contribution in [2.45, 2.75) is 32.1 Å². The average Bonchev–Trinajstić information content (AvgIpc) is 2.89. The first-order valence-electron chi connectivity index (χ1n) is 7.86. The molecule has 0 aromatic carbocycles. The highest BCUT2D eigenvalue weighted by Crippen LogP contribution is 2.22. The second-order valence-electron chi connectivity index (χ2n) is 5.93. The van der Waals surface area contributed by atoms with Gasteiger partial charge in [-0.1, -0.05) is 0 Å². The number of carbonyl (C=O) groups excluding carboxylic acids is 2. The highest BCUT2D eigenvalue weighted by atomic mass is 32.2. The smallest absolute Gasteiger partial charge is 0.220 e.